The zero-order valence-electron chi connectivity index (χ0n) is 12.5. The number of methoxy groups -OCH3 is 1. The third-order valence-electron chi connectivity index (χ3n) is 4.33. The molecule has 3 rings (SSSR count). The van der Waals surface area contributed by atoms with Gasteiger partial charge in [0.05, 0.1) is 30.0 Å². The van der Waals surface area contributed by atoms with Crippen molar-refractivity contribution < 1.29 is 18.5 Å². The van der Waals surface area contributed by atoms with Gasteiger partial charge in [0.25, 0.3) is 0 Å². The fraction of sp³-hybridized carbons (Fsp3) is 0.467. The molecule has 0 N–H and O–H groups in total. The van der Waals surface area contributed by atoms with Crippen molar-refractivity contribution in [2.75, 3.05) is 7.11 Å². The number of rotatable bonds is 2. The van der Waals surface area contributed by atoms with Gasteiger partial charge in [-0.1, -0.05) is 6.07 Å². The quantitative estimate of drug-likeness (QED) is 0.789. The maximum Gasteiger partial charge on any atom is 0.498 e. The smallest absolute Gasteiger partial charge is 0.496 e. The topological polar surface area (TPSA) is 40.8 Å². The number of hydrogen-bond acceptors (Lipinski definition) is 4. The minimum absolute atomic E-state index is 0.367. The van der Waals surface area contributed by atoms with Crippen LogP contribution in [0.5, 0.6) is 5.75 Å². The van der Waals surface area contributed by atoms with Gasteiger partial charge in [-0.15, -0.1) is 0 Å². The third kappa shape index (κ3) is 1.85. The lowest BCUT2D eigenvalue weighted by Gasteiger charge is -2.32. The summed E-state index contributed by atoms with van der Waals surface area (Å²) in [5, 5.41) is 0.930. The van der Waals surface area contributed by atoms with Crippen LogP contribution in [0.25, 0.3) is 11.0 Å². The van der Waals surface area contributed by atoms with E-state index < -0.39 is 7.12 Å². The van der Waals surface area contributed by atoms with Gasteiger partial charge in [-0.3, -0.25) is 0 Å². The molecule has 4 nitrogen and oxygen atoms in total. The molecule has 106 valence electrons. The second kappa shape index (κ2) is 4.27. The van der Waals surface area contributed by atoms with Gasteiger partial charge in [-0.05, 0) is 39.8 Å². The van der Waals surface area contributed by atoms with Gasteiger partial charge >= 0.3 is 7.12 Å². The first kappa shape index (κ1) is 13.5. The predicted octanol–water partition coefficient (Wildman–Crippen LogP) is 2.74. The summed E-state index contributed by atoms with van der Waals surface area (Å²) < 4.78 is 23.1. The van der Waals surface area contributed by atoms with Crippen LogP contribution in [0.2, 0.25) is 0 Å². The summed E-state index contributed by atoms with van der Waals surface area (Å²) >= 11 is 0. The Morgan fingerprint density at radius 1 is 1.00 bits per heavy atom. The van der Waals surface area contributed by atoms with Crippen LogP contribution < -0.4 is 10.2 Å². The molecule has 1 fully saturated rings. The molecule has 0 spiro atoms. The molecule has 2 heterocycles. The molecule has 1 saturated heterocycles. The van der Waals surface area contributed by atoms with Crippen LogP contribution in [-0.4, -0.2) is 25.4 Å². The summed E-state index contributed by atoms with van der Waals surface area (Å²) in [5.74, 6) is 0.745. The van der Waals surface area contributed by atoms with E-state index in [1.807, 2.05) is 45.9 Å². The van der Waals surface area contributed by atoms with Crippen molar-refractivity contribution in [1.29, 1.82) is 0 Å². The standard InChI is InChI=1S/C15H19BO4/c1-14(2)15(3,4)20-16(19-14)11-6-7-12-10(8-9-18-12)13(11)17-5/h6-9H,1-5H3. The molecule has 1 aromatic heterocycles. The summed E-state index contributed by atoms with van der Waals surface area (Å²) in [6.07, 6.45) is 1.65. The van der Waals surface area contributed by atoms with E-state index in [1.165, 1.54) is 0 Å². The first-order valence-electron chi connectivity index (χ1n) is 6.75. The van der Waals surface area contributed by atoms with Crippen LogP contribution in [-0.2, 0) is 9.31 Å². The molecule has 1 aliphatic heterocycles. The minimum atomic E-state index is -0.436. The molecule has 0 aliphatic carbocycles. The number of ether oxygens (including phenoxy) is 1. The molecule has 0 unspecified atom stereocenters. The number of benzene rings is 1. The molecule has 20 heavy (non-hydrogen) atoms. The van der Waals surface area contributed by atoms with E-state index in [0.717, 1.165) is 22.2 Å². The number of fused-ring (bicyclic) bond motifs is 1. The van der Waals surface area contributed by atoms with Gasteiger partial charge < -0.3 is 18.5 Å². The summed E-state index contributed by atoms with van der Waals surface area (Å²) in [4.78, 5) is 0. The Morgan fingerprint density at radius 3 is 2.25 bits per heavy atom. The molecule has 2 aromatic rings. The van der Waals surface area contributed by atoms with Crippen molar-refractivity contribution in [1.82, 2.24) is 0 Å². The highest BCUT2D eigenvalue weighted by Crippen LogP contribution is 2.38. The Kier molecular flexibility index (Phi) is 2.89. The van der Waals surface area contributed by atoms with Crippen molar-refractivity contribution in [3.63, 3.8) is 0 Å². The lowest BCUT2D eigenvalue weighted by molar-refractivity contribution is 0.00578. The van der Waals surface area contributed by atoms with E-state index in [-0.39, 0.29) is 11.2 Å². The van der Waals surface area contributed by atoms with Crippen LogP contribution in [0.15, 0.2) is 28.9 Å². The first-order chi connectivity index (χ1) is 9.36. The van der Waals surface area contributed by atoms with Crippen LogP contribution in [0, 0.1) is 0 Å². The van der Waals surface area contributed by atoms with Crippen molar-refractivity contribution in [3.05, 3.63) is 24.5 Å². The van der Waals surface area contributed by atoms with Crippen LogP contribution in [0.3, 0.4) is 0 Å². The highest BCUT2D eigenvalue weighted by molar-refractivity contribution is 6.63. The lowest BCUT2D eigenvalue weighted by Crippen LogP contribution is -2.41. The van der Waals surface area contributed by atoms with Gasteiger partial charge in [-0.2, -0.15) is 0 Å². The van der Waals surface area contributed by atoms with E-state index in [2.05, 4.69) is 0 Å². The summed E-state index contributed by atoms with van der Waals surface area (Å²) in [6, 6.07) is 5.74. The molecule has 0 bridgehead atoms. The van der Waals surface area contributed by atoms with Crippen LogP contribution in [0.4, 0.5) is 0 Å². The predicted molar refractivity (Wildman–Crippen MR) is 78.5 cm³/mol. The monoisotopic (exact) mass is 274 g/mol. The fourth-order valence-electron chi connectivity index (χ4n) is 2.42. The van der Waals surface area contributed by atoms with Gasteiger partial charge in [0.15, 0.2) is 0 Å². The summed E-state index contributed by atoms with van der Waals surface area (Å²) in [5.41, 5.74) is 0.948. The highest BCUT2D eigenvalue weighted by atomic mass is 16.7. The van der Waals surface area contributed by atoms with Crippen molar-refractivity contribution in [2.45, 2.75) is 38.9 Å². The van der Waals surface area contributed by atoms with Gasteiger partial charge in [0.2, 0.25) is 0 Å². The fourth-order valence-corrected chi connectivity index (χ4v) is 2.42. The van der Waals surface area contributed by atoms with E-state index in [9.17, 15) is 0 Å². The maximum atomic E-state index is 6.09. The Balaban J connectivity index is 2.07. The second-order valence-corrected chi connectivity index (χ2v) is 6.11. The SMILES string of the molecule is COc1c(B2OC(C)(C)C(C)(C)O2)ccc2occc12. The van der Waals surface area contributed by atoms with Crippen LogP contribution in [0.1, 0.15) is 27.7 Å². The van der Waals surface area contributed by atoms with Crippen molar-refractivity contribution in [3.8, 4) is 5.75 Å². The largest absolute Gasteiger partial charge is 0.498 e. The molecule has 5 heteroatoms. The molecular formula is C15H19BO4. The third-order valence-corrected chi connectivity index (χ3v) is 4.33. The average Bonchev–Trinajstić information content (AvgIpc) is 2.91. The van der Waals surface area contributed by atoms with E-state index in [4.69, 9.17) is 18.5 Å². The van der Waals surface area contributed by atoms with Crippen molar-refractivity contribution in [2.24, 2.45) is 0 Å². The van der Waals surface area contributed by atoms with E-state index >= 15 is 0 Å². The van der Waals surface area contributed by atoms with Crippen LogP contribution >= 0.6 is 0 Å². The van der Waals surface area contributed by atoms with E-state index in [1.54, 1.807) is 13.4 Å². The molecule has 0 atom stereocenters. The molecule has 0 saturated carbocycles. The maximum absolute atomic E-state index is 6.09. The Hall–Kier alpha value is -1.46. The summed E-state index contributed by atoms with van der Waals surface area (Å²) in [6.45, 7) is 8.15. The van der Waals surface area contributed by atoms with Gasteiger partial charge in [0, 0.05) is 5.46 Å². The zero-order valence-corrected chi connectivity index (χ0v) is 12.5. The molecular weight excluding hydrogens is 255 g/mol. The second-order valence-electron chi connectivity index (χ2n) is 6.11. The normalized spacial score (nSPS) is 20.6. The Morgan fingerprint density at radius 2 is 1.65 bits per heavy atom. The highest BCUT2D eigenvalue weighted by Gasteiger charge is 2.52. The first-order valence-corrected chi connectivity index (χ1v) is 6.75. The van der Waals surface area contributed by atoms with Gasteiger partial charge in [-0.25, -0.2) is 0 Å². The molecule has 1 aliphatic rings. The molecule has 0 radical (unpaired) electrons. The molecule has 1 aromatic carbocycles. The zero-order chi connectivity index (χ0) is 14.5. The molecule has 0 amide bonds. The Bertz CT molecular complexity index is 628. The van der Waals surface area contributed by atoms with Crippen molar-refractivity contribution >= 4 is 23.6 Å². The van der Waals surface area contributed by atoms with Gasteiger partial charge in [0.1, 0.15) is 11.3 Å². The van der Waals surface area contributed by atoms with E-state index in [0.29, 0.717) is 0 Å². The number of hydrogen-bond donors (Lipinski definition) is 0. The Labute approximate surface area is 119 Å². The lowest BCUT2D eigenvalue weighted by atomic mass is 9.77. The minimum Gasteiger partial charge on any atom is -0.496 e. The summed E-state index contributed by atoms with van der Waals surface area (Å²) in [7, 11) is 1.21. The average molecular weight is 274 g/mol. The number of furan rings is 1.